The van der Waals surface area contributed by atoms with Gasteiger partial charge in [-0.1, -0.05) is 0 Å². The molecule has 1 aromatic carbocycles. The van der Waals surface area contributed by atoms with Gasteiger partial charge in [0.25, 0.3) is 0 Å². The van der Waals surface area contributed by atoms with Crippen LogP contribution in [0.2, 0.25) is 0 Å². The van der Waals surface area contributed by atoms with E-state index >= 15 is 0 Å². The normalized spacial score (nSPS) is 14.1. The molecule has 0 spiro atoms. The summed E-state index contributed by atoms with van der Waals surface area (Å²) in [6, 6.07) is 2.85. The van der Waals surface area contributed by atoms with E-state index in [0.29, 0.717) is 11.5 Å². The molecule has 5 nitrogen and oxygen atoms in total. The topological polar surface area (TPSA) is 73.8 Å². The van der Waals surface area contributed by atoms with E-state index in [-0.39, 0.29) is 12.5 Å². The zero-order chi connectivity index (χ0) is 13.8. The molecule has 3 N–H and O–H groups in total. The van der Waals surface area contributed by atoms with Crippen molar-refractivity contribution in [3.8, 4) is 0 Å². The predicted molar refractivity (Wildman–Crippen MR) is 65.5 cm³/mol. The molecule has 19 heavy (non-hydrogen) atoms. The second-order valence-electron chi connectivity index (χ2n) is 4.32. The molecule has 2 rings (SSSR count). The van der Waals surface area contributed by atoms with E-state index in [2.05, 4.69) is 20.5 Å². The Morgan fingerprint density at radius 2 is 2.00 bits per heavy atom. The molecule has 1 aromatic heterocycles. The van der Waals surface area contributed by atoms with Gasteiger partial charge in [0.1, 0.15) is 18.0 Å². The highest BCUT2D eigenvalue weighted by molar-refractivity contribution is 5.24. The van der Waals surface area contributed by atoms with Crippen molar-refractivity contribution < 1.29 is 13.9 Å². The number of rotatable bonds is 5. The van der Waals surface area contributed by atoms with Crippen molar-refractivity contribution >= 4 is 5.95 Å². The summed E-state index contributed by atoms with van der Waals surface area (Å²) in [6.45, 7) is 1.74. The van der Waals surface area contributed by atoms with Gasteiger partial charge in [0.05, 0.1) is 12.1 Å². The number of aliphatic hydroxyl groups is 1. The van der Waals surface area contributed by atoms with Gasteiger partial charge in [0, 0.05) is 12.5 Å². The Bertz CT molecular complexity index is 512. The summed E-state index contributed by atoms with van der Waals surface area (Å²) in [5.74, 6) is -0.881. The minimum absolute atomic E-state index is 0.136. The Kier molecular flexibility index (Phi) is 4.06. The fraction of sp³-hybridized carbons (Fsp3) is 0.333. The summed E-state index contributed by atoms with van der Waals surface area (Å²) in [5, 5.41) is 19.2. The number of aromatic amines is 1. The molecular weight excluding hydrogens is 254 g/mol. The van der Waals surface area contributed by atoms with Crippen LogP contribution in [0.5, 0.6) is 0 Å². The van der Waals surface area contributed by atoms with Gasteiger partial charge in [-0.25, -0.2) is 18.9 Å². The molecule has 2 aromatic rings. The van der Waals surface area contributed by atoms with Crippen LogP contribution in [0, 0.1) is 11.6 Å². The van der Waals surface area contributed by atoms with Crippen molar-refractivity contribution in [2.45, 2.75) is 25.5 Å². The van der Waals surface area contributed by atoms with E-state index in [1.54, 1.807) is 6.92 Å². The number of nitrogens with one attached hydrogen (secondary N) is 2. The van der Waals surface area contributed by atoms with Crippen molar-refractivity contribution in [3.05, 3.63) is 41.7 Å². The zero-order valence-corrected chi connectivity index (χ0v) is 10.3. The molecule has 2 unspecified atom stereocenters. The lowest BCUT2D eigenvalue weighted by atomic mass is 10.0. The molecular formula is C12H14F2N4O. The average Bonchev–Trinajstić information content (AvgIpc) is 2.80. The maximum atomic E-state index is 13.0. The van der Waals surface area contributed by atoms with Crippen LogP contribution < -0.4 is 5.32 Å². The number of hydrogen-bond acceptors (Lipinski definition) is 4. The molecule has 7 heteroatoms. The fourth-order valence-electron chi connectivity index (χ4n) is 1.73. The molecule has 0 saturated carbocycles. The van der Waals surface area contributed by atoms with Crippen LogP contribution in [-0.2, 0) is 6.42 Å². The van der Waals surface area contributed by atoms with Crippen LogP contribution in [0.15, 0.2) is 24.5 Å². The number of H-pyrrole nitrogens is 1. The number of benzene rings is 1. The lowest BCUT2D eigenvalue weighted by Gasteiger charge is -2.19. The molecule has 0 aliphatic carbocycles. The lowest BCUT2D eigenvalue weighted by Crippen LogP contribution is -2.32. The van der Waals surface area contributed by atoms with Crippen molar-refractivity contribution in [2.75, 3.05) is 5.32 Å². The monoisotopic (exact) mass is 268 g/mol. The Morgan fingerprint density at radius 3 is 2.58 bits per heavy atom. The van der Waals surface area contributed by atoms with Crippen LogP contribution in [0.3, 0.4) is 0 Å². The highest BCUT2D eigenvalue weighted by Crippen LogP contribution is 2.12. The zero-order valence-electron chi connectivity index (χ0n) is 10.3. The van der Waals surface area contributed by atoms with E-state index in [0.717, 1.165) is 6.07 Å². The number of nitrogens with zero attached hydrogens (tertiary/aromatic N) is 2. The maximum absolute atomic E-state index is 13.0. The van der Waals surface area contributed by atoms with Gasteiger partial charge in [-0.2, -0.15) is 5.10 Å². The minimum Gasteiger partial charge on any atom is -0.391 e. The summed E-state index contributed by atoms with van der Waals surface area (Å²) < 4.78 is 26.0. The van der Waals surface area contributed by atoms with Gasteiger partial charge in [-0.05, 0) is 24.6 Å². The third-order valence-corrected chi connectivity index (χ3v) is 2.72. The lowest BCUT2D eigenvalue weighted by molar-refractivity contribution is 0.158. The van der Waals surface area contributed by atoms with Crippen LogP contribution in [0.1, 0.15) is 12.5 Å². The van der Waals surface area contributed by atoms with E-state index in [9.17, 15) is 13.9 Å². The smallest absolute Gasteiger partial charge is 0.218 e. The van der Waals surface area contributed by atoms with Gasteiger partial charge in [-0.15, -0.1) is 0 Å². The van der Waals surface area contributed by atoms with E-state index < -0.39 is 17.7 Å². The molecule has 1 heterocycles. The van der Waals surface area contributed by atoms with Crippen LogP contribution in [0.4, 0.5) is 14.7 Å². The number of aromatic nitrogens is 3. The van der Waals surface area contributed by atoms with Crippen molar-refractivity contribution in [3.63, 3.8) is 0 Å². The van der Waals surface area contributed by atoms with Crippen molar-refractivity contribution in [1.82, 2.24) is 15.2 Å². The average molecular weight is 268 g/mol. The van der Waals surface area contributed by atoms with Crippen LogP contribution in [0.25, 0.3) is 0 Å². The third-order valence-electron chi connectivity index (χ3n) is 2.72. The second kappa shape index (κ2) is 5.75. The van der Waals surface area contributed by atoms with Crippen molar-refractivity contribution in [2.24, 2.45) is 0 Å². The van der Waals surface area contributed by atoms with Crippen LogP contribution >= 0.6 is 0 Å². The second-order valence-corrected chi connectivity index (χ2v) is 4.32. The van der Waals surface area contributed by atoms with Gasteiger partial charge in [-0.3, -0.25) is 0 Å². The Balaban J connectivity index is 1.97. The first kappa shape index (κ1) is 13.4. The SMILES string of the molecule is CC(Nc1ncn[nH]1)C(O)Cc1cc(F)cc(F)c1. The quantitative estimate of drug-likeness (QED) is 0.768. The van der Waals surface area contributed by atoms with Gasteiger partial charge in [0.15, 0.2) is 0 Å². The maximum Gasteiger partial charge on any atom is 0.218 e. The Morgan fingerprint density at radius 1 is 1.32 bits per heavy atom. The fourth-order valence-corrected chi connectivity index (χ4v) is 1.73. The third kappa shape index (κ3) is 3.72. The number of hydrogen-bond donors (Lipinski definition) is 3. The van der Waals surface area contributed by atoms with Crippen LogP contribution in [-0.4, -0.2) is 32.4 Å². The summed E-state index contributed by atoms with van der Waals surface area (Å²) in [6.07, 6.45) is 0.659. The van der Waals surface area contributed by atoms with Gasteiger partial charge < -0.3 is 10.4 Å². The molecule has 2 atom stereocenters. The summed E-state index contributed by atoms with van der Waals surface area (Å²) in [5.41, 5.74) is 0.399. The molecule has 102 valence electrons. The van der Waals surface area contributed by atoms with Gasteiger partial charge in [0.2, 0.25) is 5.95 Å². The van der Waals surface area contributed by atoms with E-state index in [1.807, 2.05) is 0 Å². The predicted octanol–water partition coefficient (Wildman–Crippen LogP) is 1.49. The largest absolute Gasteiger partial charge is 0.391 e. The number of halogens is 2. The summed E-state index contributed by atoms with van der Waals surface area (Å²) in [7, 11) is 0. The Hall–Kier alpha value is -2.02. The standard InChI is InChI=1S/C12H14F2N4O/c1-7(17-12-15-6-16-18-12)11(19)4-8-2-9(13)5-10(14)3-8/h2-3,5-7,11,19H,4H2,1H3,(H2,15,16,17,18). The molecule has 0 aliphatic heterocycles. The molecule has 0 fully saturated rings. The number of anilines is 1. The highest BCUT2D eigenvalue weighted by atomic mass is 19.1. The Labute approximate surface area is 108 Å². The molecule has 0 radical (unpaired) electrons. The van der Waals surface area contributed by atoms with E-state index in [1.165, 1.54) is 18.5 Å². The first-order valence-corrected chi connectivity index (χ1v) is 5.79. The minimum atomic E-state index is -0.814. The molecule has 0 aliphatic rings. The van der Waals surface area contributed by atoms with Gasteiger partial charge >= 0.3 is 0 Å². The molecule has 0 bridgehead atoms. The van der Waals surface area contributed by atoms with E-state index in [4.69, 9.17) is 0 Å². The summed E-state index contributed by atoms with van der Waals surface area (Å²) >= 11 is 0. The molecule has 0 saturated heterocycles. The first-order chi connectivity index (χ1) is 9.04. The first-order valence-electron chi connectivity index (χ1n) is 5.79. The highest BCUT2D eigenvalue weighted by Gasteiger charge is 2.16. The molecule has 0 amide bonds. The summed E-state index contributed by atoms with van der Waals surface area (Å²) in [4.78, 5) is 3.86. The van der Waals surface area contributed by atoms with Crippen molar-refractivity contribution in [1.29, 1.82) is 0 Å². The number of aliphatic hydroxyl groups excluding tert-OH is 1.